The van der Waals surface area contributed by atoms with Crippen LogP contribution in [-0.2, 0) is 33.3 Å². The van der Waals surface area contributed by atoms with Gasteiger partial charge in [-0.25, -0.2) is 4.70 Å². The first-order valence-electron chi connectivity index (χ1n) is 18.4. The summed E-state index contributed by atoms with van der Waals surface area (Å²) >= 11 is 0. The molecule has 2 aromatic carbocycles. The van der Waals surface area contributed by atoms with Crippen LogP contribution in [0.3, 0.4) is 0 Å². The number of nitrogens with zero attached hydrogens (tertiary/aromatic N) is 2. The van der Waals surface area contributed by atoms with Gasteiger partial charge in [-0.1, -0.05) is 98.3 Å². The molecule has 0 aliphatic carbocycles. The summed E-state index contributed by atoms with van der Waals surface area (Å²) in [5, 5.41) is 0. The Kier molecular flexibility index (Phi) is 17.9. The maximum Gasteiger partial charge on any atom is 0.211 e. The van der Waals surface area contributed by atoms with Gasteiger partial charge >= 0.3 is 0 Å². The van der Waals surface area contributed by atoms with Crippen molar-refractivity contribution in [2.75, 3.05) is 0 Å². The second kappa shape index (κ2) is 20.4. The van der Waals surface area contributed by atoms with Gasteiger partial charge in [-0.15, -0.1) is 0 Å². The monoisotopic (exact) mass is 704 g/mol. The van der Waals surface area contributed by atoms with Crippen molar-refractivity contribution in [3.05, 3.63) is 85.5 Å². The van der Waals surface area contributed by atoms with Gasteiger partial charge in [-0.2, -0.15) is 0 Å². The van der Waals surface area contributed by atoms with Crippen LogP contribution in [-0.4, -0.2) is 4.70 Å². The third-order valence-corrected chi connectivity index (χ3v) is 9.99. The molecule has 0 spiro atoms. The van der Waals surface area contributed by atoms with Gasteiger partial charge in [0.2, 0.25) is 11.4 Å². The van der Waals surface area contributed by atoms with Crippen molar-refractivity contribution in [2.24, 2.45) is 0 Å². The number of unbranched alkanes of at least 4 members (excludes halogenated alkanes) is 11. The van der Waals surface area contributed by atoms with E-state index in [0.717, 1.165) is 61.0 Å². The molecule has 2 nitrogen and oxygen atoms in total. The van der Waals surface area contributed by atoms with Gasteiger partial charge in [0.25, 0.3) is 0 Å². The number of benzene rings is 2. The molecule has 1 heterocycles. The quantitative estimate of drug-likeness (QED) is 0.0745. The van der Waals surface area contributed by atoms with Gasteiger partial charge in [0.05, 0.1) is 0 Å². The van der Waals surface area contributed by atoms with Gasteiger partial charge in [0.15, 0.2) is 0 Å². The Morgan fingerprint density at radius 3 is 1.22 bits per heavy atom. The van der Waals surface area contributed by atoms with E-state index in [-0.39, 0.29) is 23.3 Å². The maximum atomic E-state index is 12.0. The van der Waals surface area contributed by atoms with Crippen molar-refractivity contribution in [2.45, 2.75) is 171 Å². The Morgan fingerprint density at radius 1 is 0.489 bits per heavy atom. The molecule has 2 aromatic rings. The zero-order valence-electron chi connectivity index (χ0n) is 32.2. The van der Waals surface area contributed by atoms with Crippen molar-refractivity contribution < 1.29 is 28.0 Å². The molecule has 45 heavy (non-hydrogen) atoms. The SMILES string of the molecule is CCCCCCCCc1c(C)cc(C2=C(CC)C(CCCC)=C(c3cc(C)c(CCCCCCCC)c(C)c3)[N+]2=[N-])cc1C.[H-].[H-].[Pd]. The van der Waals surface area contributed by atoms with Crippen LogP contribution in [0.15, 0.2) is 35.4 Å². The summed E-state index contributed by atoms with van der Waals surface area (Å²) in [6.07, 6.45) is 22.4. The summed E-state index contributed by atoms with van der Waals surface area (Å²) in [4.78, 5) is 0. The van der Waals surface area contributed by atoms with E-state index < -0.39 is 0 Å². The molecular weight excluding hydrogens is 639 g/mol. The van der Waals surface area contributed by atoms with E-state index in [1.54, 1.807) is 4.70 Å². The van der Waals surface area contributed by atoms with Gasteiger partial charge in [-0.3, -0.25) is 0 Å². The molecular formula is C42H66N2Pd-2. The average molecular weight is 705 g/mol. The zero-order valence-corrected chi connectivity index (χ0v) is 31.8. The normalized spacial score (nSPS) is 13.3. The molecule has 3 rings (SSSR count). The minimum absolute atomic E-state index is 0. The third-order valence-electron chi connectivity index (χ3n) is 9.99. The van der Waals surface area contributed by atoms with Crippen LogP contribution in [0.1, 0.15) is 178 Å². The molecule has 256 valence electrons. The molecule has 0 amide bonds. The summed E-state index contributed by atoms with van der Waals surface area (Å²) in [5.74, 6) is 0. The fourth-order valence-electron chi connectivity index (χ4n) is 7.46. The van der Waals surface area contributed by atoms with Crippen molar-refractivity contribution in [3.63, 3.8) is 0 Å². The maximum absolute atomic E-state index is 12.0. The Morgan fingerprint density at radius 2 is 0.844 bits per heavy atom. The number of rotatable bonds is 20. The van der Waals surface area contributed by atoms with Crippen LogP contribution in [0.25, 0.3) is 16.9 Å². The fourth-order valence-corrected chi connectivity index (χ4v) is 7.46. The Labute approximate surface area is 294 Å². The molecule has 0 saturated heterocycles. The molecule has 0 N–H and O–H groups in total. The zero-order chi connectivity index (χ0) is 32.1. The van der Waals surface area contributed by atoms with E-state index in [0.29, 0.717) is 0 Å². The molecule has 0 unspecified atom stereocenters. The predicted molar refractivity (Wildman–Crippen MR) is 195 cm³/mol. The van der Waals surface area contributed by atoms with Gasteiger partial charge in [0.1, 0.15) is 0 Å². The van der Waals surface area contributed by atoms with E-state index in [1.807, 2.05) is 0 Å². The minimum atomic E-state index is 0. The summed E-state index contributed by atoms with van der Waals surface area (Å²) in [6, 6.07) is 9.38. The van der Waals surface area contributed by atoms with E-state index >= 15 is 0 Å². The largest absolute Gasteiger partial charge is 1.00 e. The smallest absolute Gasteiger partial charge is 0.211 e. The Bertz CT molecular complexity index is 1280. The van der Waals surface area contributed by atoms with Crippen LogP contribution >= 0.6 is 0 Å². The topological polar surface area (TPSA) is 25.3 Å². The van der Waals surface area contributed by atoms with Crippen molar-refractivity contribution >= 4 is 11.4 Å². The standard InChI is InChI=1S/C42H64N2.Pd.2H/c1-9-13-16-18-20-22-25-38-31(5)27-35(28-32(38)6)41-37(12-4)40(24-15-11-3)42(44(41)43)36-29-33(7)39(34(8)30-36)26-23-21-19-17-14-10-2;;;/h27-30H,9-26H2,1-8H3;;;/q;;2*-1. The van der Waals surface area contributed by atoms with Crippen LogP contribution in [0.2, 0.25) is 0 Å². The predicted octanol–water partition coefficient (Wildman–Crippen LogP) is 13.7. The van der Waals surface area contributed by atoms with Gasteiger partial charge < -0.3 is 8.38 Å². The summed E-state index contributed by atoms with van der Waals surface area (Å²) in [7, 11) is 0. The second-order valence-corrected chi connectivity index (χ2v) is 13.6. The minimum Gasteiger partial charge on any atom is -1.00 e. The summed E-state index contributed by atoms with van der Waals surface area (Å²) in [6.45, 7) is 18.2. The van der Waals surface area contributed by atoms with Crippen molar-refractivity contribution in [1.82, 2.24) is 0 Å². The first-order chi connectivity index (χ1) is 21.3. The summed E-state index contributed by atoms with van der Waals surface area (Å²) in [5.41, 5.74) is 27.4. The van der Waals surface area contributed by atoms with Crippen molar-refractivity contribution in [3.8, 4) is 0 Å². The van der Waals surface area contributed by atoms with Gasteiger partial charge in [-0.05, 0) is 130 Å². The van der Waals surface area contributed by atoms with E-state index in [2.05, 4.69) is 79.7 Å². The van der Waals surface area contributed by atoms with Crippen LogP contribution in [0.4, 0.5) is 0 Å². The number of allylic oxidation sites excluding steroid dienone is 2. The van der Waals surface area contributed by atoms with E-state index in [1.165, 1.54) is 122 Å². The molecule has 0 aromatic heterocycles. The second-order valence-electron chi connectivity index (χ2n) is 13.6. The molecule has 0 saturated carbocycles. The van der Waals surface area contributed by atoms with Crippen LogP contribution in [0, 0.1) is 27.7 Å². The average Bonchev–Trinajstić information content (AvgIpc) is 3.28. The number of hydrogen-bond acceptors (Lipinski definition) is 0. The molecule has 0 radical (unpaired) electrons. The Hall–Kier alpha value is -1.82. The molecule has 0 fully saturated rings. The third kappa shape index (κ3) is 10.6. The van der Waals surface area contributed by atoms with Crippen molar-refractivity contribution in [1.29, 1.82) is 0 Å². The summed E-state index contributed by atoms with van der Waals surface area (Å²) < 4.78 is 1.56. The first-order valence-corrected chi connectivity index (χ1v) is 18.4. The number of aryl methyl sites for hydroxylation is 4. The fraction of sp³-hybridized carbons (Fsp3) is 0.619. The van der Waals surface area contributed by atoms with Gasteiger partial charge in [0, 0.05) is 42.7 Å². The molecule has 3 heteroatoms. The van der Waals surface area contributed by atoms with E-state index in [4.69, 9.17) is 0 Å². The van der Waals surface area contributed by atoms with E-state index in [9.17, 15) is 5.53 Å². The van der Waals surface area contributed by atoms with Crippen LogP contribution in [0.5, 0.6) is 0 Å². The molecule has 1 aliphatic heterocycles. The number of hydrogen-bond donors (Lipinski definition) is 0. The Balaban J connectivity index is 0.00000705. The molecule has 0 atom stereocenters. The molecule has 0 bridgehead atoms. The van der Waals surface area contributed by atoms with Crippen LogP contribution < -0.4 is 0 Å². The molecule has 1 aliphatic rings. The first kappa shape index (κ1) is 39.4.